The number of quaternary nitrogens is 1. The van der Waals surface area contributed by atoms with Gasteiger partial charge in [0, 0.05) is 5.92 Å². The van der Waals surface area contributed by atoms with Crippen molar-refractivity contribution in [2.45, 2.75) is 26.4 Å². The van der Waals surface area contributed by atoms with E-state index >= 15 is 0 Å². The molecule has 1 fully saturated rings. The first-order chi connectivity index (χ1) is 15.6. The minimum absolute atomic E-state index is 0.239. The van der Waals surface area contributed by atoms with Crippen LogP contribution in [0.1, 0.15) is 31.3 Å². The van der Waals surface area contributed by atoms with Crippen LogP contribution in [-0.4, -0.2) is 60.6 Å². The van der Waals surface area contributed by atoms with Crippen LogP contribution in [0, 0.1) is 5.92 Å². The number of ether oxygens (including phenoxy) is 2. The number of methoxy groups -OCH3 is 2. The number of rotatable bonds is 8. The zero-order valence-electron chi connectivity index (χ0n) is 19.4. The fourth-order valence-electron chi connectivity index (χ4n) is 4.64. The van der Waals surface area contributed by atoms with Crippen molar-refractivity contribution in [3.8, 4) is 11.5 Å². The molecule has 2 heterocycles. The van der Waals surface area contributed by atoms with Crippen molar-refractivity contribution in [1.29, 1.82) is 0 Å². The van der Waals surface area contributed by atoms with Gasteiger partial charge in [0.05, 0.1) is 52.6 Å². The van der Waals surface area contributed by atoms with Crippen molar-refractivity contribution in [2.75, 3.05) is 45.3 Å². The van der Waals surface area contributed by atoms with Gasteiger partial charge in [0.25, 0.3) is 0 Å². The molecule has 0 spiro atoms. The second kappa shape index (κ2) is 9.99. The van der Waals surface area contributed by atoms with Crippen LogP contribution in [0.5, 0.6) is 11.5 Å². The zero-order chi connectivity index (χ0) is 22.5. The van der Waals surface area contributed by atoms with E-state index in [1.54, 1.807) is 14.2 Å². The predicted molar refractivity (Wildman–Crippen MR) is 123 cm³/mol. The second-order valence-corrected chi connectivity index (χ2v) is 8.58. The molecule has 0 amide bonds. The number of tetrazole rings is 1. The summed E-state index contributed by atoms with van der Waals surface area (Å²) in [6.45, 7) is 9.16. The van der Waals surface area contributed by atoms with E-state index in [0.29, 0.717) is 12.5 Å². The Labute approximate surface area is 189 Å². The molecule has 1 atom stereocenters. The molecule has 8 nitrogen and oxygen atoms in total. The summed E-state index contributed by atoms with van der Waals surface area (Å²) in [6.07, 6.45) is 0. The lowest BCUT2D eigenvalue weighted by atomic mass is 10.0. The molecule has 0 unspecified atom stereocenters. The SMILES string of the molecule is COc1ccc(Cn2nnnc2[C@H](C(C)C)[NH+]2CCN(c3ccccc3OC)CC2)cc1. The summed E-state index contributed by atoms with van der Waals surface area (Å²) >= 11 is 0. The number of nitrogens with one attached hydrogen (secondary N) is 1. The maximum atomic E-state index is 5.57. The third-order valence-corrected chi connectivity index (χ3v) is 6.27. The van der Waals surface area contributed by atoms with E-state index < -0.39 is 0 Å². The van der Waals surface area contributed by atoms with Crippen molar-refractivity contribution in [3.05, 3.63) is 59.9 Å². The molecule has 1 N–H and O–H groups in total. The highest BCUT2D eigenvalue weighted by atomic mass is 16.5. The summed E-state index contributed by atoms with van der Waals surface area (Å²) in [5, 5.41) is 12.8. The first-order valence-electron chi connectivity index (χ1n) is 11.2. The standard InChI is InChI=1S/C24H32N6O2/c1-18(2)23(24-25-26-27-30(24)17-19-9-11-20(31-3)12-10-19)29-15-13-28(14-16-29)21-7-5-6-8-22(21)32-4/h5-12,18,23H,13-17H2,1-4H3/p+1/t23-/m0/s1. The molecular formula is C24H33N6O2+. The first-order valence-corrected chi connectivity index (χ1v) is 11.2. The van der Waals surface area contributed by atoms with Crippen molar-refractivity contribution in [2.24, 2.45) is 5.92 Å². The van der Waals surface area contributed by atoms with Crippen LogP contribution >= 0.6 is 0 Å². The van der Waals surface area contributed by atoms with Gasteiger partial charge in [-0.15, -0.1) is 5.10 Å². The molecule has 2 aromatic carbocycles. The molecule has 1 saturated heterocycles. The van der Waals surface area contributed by atoms with E-state index in [2.05, 4.69) is 58.5 Å². The summed E-state index contributed by atoms with van der Waals surface area (Å²) in [4.78, 5) is 3.94. The van der Waals surface area contributed by atoms with Gasteiger partial charge in [0.15, 0.2) is 6.04 Å². The third-order valence-electron chi connectivity index (χ3n) is 6.27. The fourth-order valence-corrected chi connectivity index (χ4v) is 4.64. The van der Waals surface area contributed by atoms with Crippen molar-refractivity contribution in [1.82, 2.24) is 20.2 Å². The minimum atomic E-state index is 0.239. The van der Waals surface area contributed by atoms with Gasteiger partial charge in [-0.2, -0.15) is 0 Å². The summed E-state index contributed by atoms with van der Waals surface area (Å²) in [6, 6.07) is 16.6. The van der Waals surface area contributed by atoms with Gasteiger partial charge in [-0.05, 0) is 40.3 Å². The van der Waals surface area contributed by atoms with E-state index in [1.165, 1.54) is 10.6 Å². The highest BCUT2D eigenvalue weighted by molar-refractivity contribution is 5.58. The molecule has 8 heteroatoms. The molecule has 0 radical (unpaired) electrons. The molecule has 32 heavy (non-hydrogen) atoms. The van der Waals surface area contributed by atoms with Crippen molar-refractivity contribution >= 4 is 5.69 Å². The number of hydrogen-bond donors (Lipinski definition) is 1. The number of piperazine rings is 1. The second-order valence-electron chi connectivity index (χ2n) is 8.58. The van der Waals surface area contributed by atoms with Crippen LogP contribution in [0.3, 0.4) is 0 Å². The first kappa shape index (κ1) is 22.1. The molecule has 0 aliphatic carbocycles. The van der Waals surface area contributed by atoms with Crippen molar-refractivity contribution < 1.29 is 14.4 Å². The van der Waals surface area contributed by atoms with Gasteiger partial charge < -0.3 is 19.3 Å². The van der Waals surface area contributed by atoms with Crippen LogP contribution in [0.15, 0.2) is 48.5 Å². The molecule has 170 valence electrons. The Morgan fingerprint density at radius 2 is 1.69 bits per heavy atom. The van der Waals surface area contributed by atoms with Crippen LogP contribution < -0.4 is 19.3 Å². The number of aromatic nitrogens is 4. The molecular weight excluding hydrogens is 404 g/mol. The zero-order valence-corrected chi connectivity index (χ0v) is 19.4. The smallest absolute Gasteiger partial charge is 0.209 e. The number of para-hydroxylation sites is 2. The third kappa shape index (κ3) is 4.70. The fraction of sp³-hybridized carbons (Fsp3) is 0.458. The average molecular weight is 438 g/mol. The number of benzene rings is 2. The van der Waals surface area contributed by atoms with Gasteiger partial charge in [-0.25, -0.2) is 4.68 Å². The highest BCUT2D eigenvalue weighted by Gasteiger charge is 2.35. The Bertz CT molecular complexity index is 996. The van der Waals surface area contributed by atoms with Crippen LogP contribution in [0.2, 0.25) is 0 Å². The van der Waals surface area contributed by atoms with Gasteiger partial charge in [-0.3, -0.25) is 0 Å². The summed E-state index contributed by atoms with van der Waals surface area (Å²) in [5.74, 6) is 3.16. The van der Waals surface area contributed by atoms with E-state index in [4.69, 9.17) is 9.47 Å². The topological polar surface area (TPSA) is 69.7 Å². The van der Waals surface area contributed by atoms with Crippen LogP contribution in [-0.2, 0) is 6.54 Å². The van der Waals surface area contributed by atoms with E-state index in [-0.39, 0.29) is 6.04 Å². The molecule has 0 bridgehead atoms. The van der Waals surface area contributed by atoms with E-state index in [1.807, 2.05) is 28.9 Å². The summed E-state index contributed by atoms with van der Waals surface area (Å²) in [5.41, 5.74) is 2.32. The maximum Gasteiger partial charge on any atom is 0.209 e. The molecule has 3 aromatic rings. The summed E-state index contributed by atoms with van der Waals surface area (Å²) in [7, 11) is 3.41. The summed E-state index contributed by atoms with van der Waals surface area (Å²) < 4.78 is 12.8. The molecule has 0 saturated carbocycles. The lowest BCUT2D eigenvalue weighted by Gasteiger charge is -2.38. The van der Waals surface area contributed by atoms with Crippen molar-refractivity contribution in [3.63, 3.8) is 0 Å². The number of nitrogens with zero attached hydrogens (tertiary/aromatic N) is 5. The molecule has 1 aromatic heterocycles. The quantitative estimate of drug-likeness (QED) is 0.580. The Morgan fingerprint density at radius 1 is 0.969 bits per heavy atom. The van der Waals surface area contributed by atoms with E-state index in [0.717, 1.165) is 49.1 Å². The minimum Gasteiger partial charge on any atom is -0.497 e. The van der Waals surface area contributed by atoms with E-state index in [9.17, 15) is 0 Å². The van der Waals surface area contributed by atoms with Gasteiger partial charge in [0.1, 0.15) is 11.5 Å². The maximum absolute atomic E-state index is 5.57. The van der Waals surface area contributed by atoms with Gasteiger partial charge in [-0.1, -0.05) is 38.1 Å². The molecule has 4 rings (SSSR count). The Balaban J connectivity index is 1.49. The monoisotopic (exact) mass is 437 g/mol. The highest BCUT2D eigenvalue weighted by Crippen LogP contribution is 2.27. The lowest BCUT2D eigenvalue weighted by Crippen LogP contribution is -3.15. The Morgan fingerprint density at radius 3 is 2.34 bits per heavy atom. The number of anilines is 1. The Kier molecular flexibility index (Phi) is 6.90. The average Bonchev–Trinajstić information content (AvgIpc) is 3.27. The molecule has 1 aliphatic heterocycles. The van der Waals surface area contributed by atoms with Crippen LogP contribution in [0.4, 0.5) is 5.69 Å². The van der Waals surface area contributed by atoms with Gasteiger partial charge in [0.2, 0.25) is 5.82 Å². The molecule has 1 aliphatic rings. The normalized spacial score (nSPS) is 15.7. The predicted octanol–water partition coefficient (Wildman–Crippen LogP) is 1.84. The van der Waals surface area contributed by atoms with Crippen LogP contribution in [0.25, 0.3) is 0 Å². The van der Waals surface area contributed by atoms with Gasteiger partial charge >= 0.3 is 0 Å². The lowest BCUT2D eigenvalue weighted by molar-refractivity contribution is -0.937. The number of hydrogen-bond acceptors (Lipinski definition) is 6. The largest absolute Gasteiger partial charge is 0.497 e. The Hall–Kier alpha value is -3.13.